The number of aromatic nitrogens is 1. The van der Waals surface area contributed by atoms with Crippen LogP contribution < -0.4 is 10.6 Å². The van der Waals surface area contributed by atoms with Gasteiger partial charge in [0.1, 0.15) is 5.82 Å². The summed E-state index contributed by atoms with van der Waals surface area (Å²) in [5.74, 6) is -1.59. The maximum atomic E-state index is 12.8. The largest absolute Gasteiger partial charge is 0.481 e. The van der Waals surface area contributed by atoms with Crippen LogP contribution in [0.4, 0.5) is 14.9 Å². The van der Waals surface area contributed by atoms with E-state index in [9.17, 15) is 14.0 Å². The van der Waals surface area contributed by atoms with Gasteiger partial charge in [0.15, 0.2) is 0 Å². The van der Waals surface area contributed by atoms with Gasteiger partial charge in [0.2, 0.25) is 0 Å². The van der Waals surface area contributed by atoms with Crippen LogP contribution in [0.1, 0.15) is 20.3 Å². The number of nitrogens with one attached hydrogen (secondary N) is 2. The highest BCUT2D eigenvalue weighted by atomic mass is 19.1. The first kappa shape index (κ1) is 13.9. The molecule has 0 unspecified atom stereocenters. The number of carboxylic acids is 1. The number of pyridine rings is 1. The van der Waals surface area contributed by atoms with E-state index in [0.29, 0.717) is 0 Å². The van der Waals surface area contributed by atoms with Crippen molar-refractivity contribution in [3.8, 4) is 0 Å². The summed E-state index contributed by atoms with van der Waals surface area (Å²) in [6, 6.07) is 0.491. The van der Waals surface area contributed by atoms with Crippen molar-refractivity contribution in [3.05, 3.63) is 24.3 Å². The summed E-state index contributed by atoms with van der Waals surface area (Å²) in [5, 5.41) is 13.5. The van der Waals surface area contributed by atoms with Crippen LogP contribution in [-0.2, 0) is 4.79 Å². The summed E-state index contributed by atoms with van der Waals surface area (Å²) in [5.41, 5.74) is -0.713. The SMILES string of the molecule is CC(C)(CC(=O)O)NC(=O)Nc1cncc(F)c1. The second kappa shape index (κ2) is 5.44. The van der Waals surface area contributed by atoms with Gasteiger partial charge in [-0.05, 0) is 13.8 Å². The van der Waals surface area contributed by atoms with Crippen molar-refractivity contribution in [1.29, 1.82) is 0 Å². The van der Waals surface area contributed by atoms with Gasteiger partial charge in [-0.1, -0.05) is 0 Å². The summed E-state index contributed by atoms with van der Waals surface area (Å²) in [4.78, 5) is 25.7. The lowest BCUT2D eigenvalue weighted by atomic mass is 10.0. The van der Waals surface area contributed by atoms with Crippen molar-refractivity contribution >= 4 is 17.7 Å². The van der Waals surface area contributed by atoms with Gasteiger partial charge in [-0.2, -0.15) is 0 Å². The number of carbonyl (C=O) groups is 2. The fourth-order valence-electron chi connectivity index (χ4n) is 1.37. The molecule has 0 atom stereocenters. The minimum Gasteiger partial charge on any atom is -0.481 e. The average Bonchev–Trinajstić information content (AvgIpc) is 2.13. The number of anilines is 1. The number of rotatable bonds is 4. The number of halogens is 1. The predicted molar refractivity (Wildman–Crippen MR) is 62.7 cm³/mol. The predicted octanol–water partition coefficient (Wildman–Crippen LogP) is 1.60. The molecular formula is C11H14FN3O3. The van der Waals surface area contributed by atoms with Crippen molar-refractivity contribution in [2.45, 2.75) is 25.8 Å². The molecule has 0 aliphatic rings. The highest BCUT2D eigenvalue weighted by molar-refractivity contribution is 5.89. The molecule has 3 N–H and O–H groups in total. The monoisotopic (exact) mass is 255 g/mol. The molecule has 0 radical (unpaired) electrons. The zero-order valence-corrected chi connectivity index (χ0v) is 10.0. The zero-order valence-electron chi connectivity index (χ0n) is 10.0. The van der Waals surface area contributed by atoms with Gasteiger partial charge in [-0.3, -0.25) is 9.78 Å². The lowest BCUT2D eigenvalue weighted by molar-refractivity contribution is -0.138. The first-order valence-electron chi connectivity index (χ1n) is 5.20. The maximum absolute atomic E-state index is 12.8. The van der Waals surface area contributed by atoms with E-state index < -0.39 is 23.4 Å². The van der Waals surface area contributed by atoms with Crippen molar-refractivity contribution in [2.24, 2.45) is 0 Å². The van der Waals surface area contributed by atoms with Gasteiger partial charge >= 0.3 is 12.0 Å². The van der Waals surface area contributed by atoms with Crippen LogP contribution in [0.25, 0.3) is 0 Å². The van der Waals surface area contributed by atoms with Crippen molar-refractivity contribution in [3.63, 3.8) is 0 Å². The highest BCUT2D eigenvalue weighted by Gasteiger charge is 2.23. The lowest BCUT2D eigenvalue weighted by Crippen LogP contribution is -2.46. The third-order valence-electron chi connectivity index (χ3n) is 2.01. The third kappa shape index (κ3) is 4.77. The van der Waals surface area contributed by atoms with Crippen LogP contribution in [0.3, 0.4) is 0 Å². The molecule has 0 bridgehead atoms. The van der Waals surface area contributed by atoms with Crippen LogP contribution >= 0.6 is 0 Å². The Hall–Kier alpha value is -2.18. The number of amides is 2. The minimum atomic E-state index is -1.02. The van der Waals surface area contributed by atoms with E-state index in [1.54, 1.807) is 13.8 Å². The average molecular weight is 255 g/mol. The maximum Gasteiger partial charge on any atom is 0.319 e. The molecule has 0 saturated carbocycles. The number of carbonyl (C=O) groups excluding carboxylic acids is 1. The van der Waals surface area contributed by atoms with Gasteiger partial charge in [0.05, 0.1) is 24.5 Å². The van der Waals surface area contributed by atoms with Crippen LogP contribution in [0.2, 0.25) is 0 Å². The number of hydrogen-bond donors (Lipinski definition) is 3. The zero-order chi connectivity index (χ0) is 13.8. The Morgan fingerprint density at radius 2 is 2.11 bits per heavy atom. The fraction of sp³-hybridized carbons (Fsp3) is 0.364. The smallest absolute Gasteiger partial charge is 0.319 e. The molecule has 18 heavy (non-hydrogen) atoms. The Bertz CT molecular complexity index is 463. The van der Waals surface area contributed by atoms with Crippen molar-refractivity contribution in [1.82, 2.24) is 10.3 Å². The molecule has 0 aromatic carbocycles. The van der Waals surface area contributed by atoms with E-state index in [-0.39, 0.29) is 12.1 Å². The quantitative estimate of drug-likeness (QED) is 0.762. The second-order valence-electron chi connectivity index (χ2n) is 4.43. The molecular weight excluding hydrogens is 241 g/mol. The van der Waals surface area contributed by atoms with E-state index in [2.05, 4.69) is 15.6 Å². The molecule has 1 aromatic heterocycles. The molecule has 0 saturated heterocycles. The molecule has 1 aromatic rings. The molecule has 1 rings (SSSR count). The molecule has 7 heteroatoms. The summed E-state index contributed by atoms with van der Waals surface area (Å²) in [7, 11) is 0. The van der Waals surface area contributed by atoms with E-state index in [4.69, 9.17) is 5.11 Å². The number of urea groups is 1. The Labute approximate surface area is 103 Å². The highest BCUT2D eigenvalue weighted by Crippen LogP contribution is 2.10. The van der Waals surface area contributed by atoms with E-state index in [1.807, 2.05) is 0 Å². The Balaban J connectivity index is 2.59. The van der Waals surface area contributed by atoms with E-state index >= 15 is 0 Å². The topological polar surface area (TPSA) is 91.3 Å². The van der Waals surface area contributed by atoms with Gasteiger partial charge in [-0.25, -0.2) is 9.18 Å². The summed E-state index contributed by atoms with van der Waals surface area (Å²) >= 11 is 0. The van der Waals surface area contributed by atoms with E-state index in [1.165, 1.54) is 6.20 Å². The normalized spacial score (nSPS) is 10.8. The van der Waals surface area contributed by atoms with Gasteiger partial charge in [-0.15, -0.1) is 0 Å². The Morgan fingerprint density at radius 1 is 1.44 bits per heavy atom. The number of hydrogen-bond acceptors (Lipinski definition) is 3. The Morgan fingerprint density at radius 3 is 2.67 bits per heavy atom. The van der Waals surface area contributed by atoms with Gasteiger partial charge in [0.25, 0.3) is 0 Å². The molecule has 0 aliphatic carbocycles. The molecule has 1 heterocycles. The Kier molecular flexibility index (Phi) is 4.19. The van der Waals surface area contributed by atoms with Crippen LogP contribution in [0, 0.1) is 5.82 Å². The summed E-state index contributed by atoms with van der Waals surface area (Å²) in [6.07, 6.45) is 2.08. The first-order valence-corrected chi connectivity index (χ1v) is 5.20. The molecule has 0 fully saturated rings. The molecule has 0 spiro atoms. The first-order chi connectivity index (χ1) is 8.28. The number of aliphatic carboxylic acids is 1. The standard InChI is InChI=1S/C11H14FN3O3/c1-11(2,4-9(16)17)15-10(18)14-8-3-7(12)5-13-6-8/h3,5-6H,4H2,1-2H3,(H,16,17)(H2,14,15,18). The fourth-order valence-corrected chi connectivity index (χ4v) is 1.37. The van der Waals surface area contributed by atoms with Crippen LogP contribution in [0.15, 0.2) is 18.5 Å². The third-order valence-corrected chi connectivity index (χ3v) is 2.01. The summed E-state index contributed by atoms with van der Waals surface area (Å²) in [6.45, 7) is 3.15. The molecule has 98 valence electrons. The second-order valence-corrected chi connectivity index (χ2v) is 4.43. The van der Waals surface area contributed by atoms with Gasteiger partial charge in [0, 0.05) is 11.6 Å². The van der Waals surface area contributed by atoms with E-state index in [0.717, 1.165) is 12.3 Å². The van der Waals surface area contributed by atoms with Crippen LogP contribution in [0.5, 0.6) is 0 Å². The molecule has 6 nitrogen and oxygen atoms in total. The number of nitrogens with zero attached hydrogens (tertiary/aromatic N) is 1. The van der Waals surface area contributed by atoms with Crippen molar-refractivity contribution < 1.29 is 19.1 Å². The summed E-state index contributed by atoms with van der Waals surface area (Å²) < 4.78 is 12.8. The lowest BCUT2D eigenvalue weighted by Gasteiger charge is -2.24. The van der Waals surface area contributed by atoms with Gasteiger partial charge < -0.3 is 15.7 Å². The molecule has 2 amide bonds. The van der Waals surface area contributed by atoms with Crippen molar-refractivity contribution in [2.75, 3.05) is 5.32 Å². The minimum absolute atomic E-state index is 0.193. The molecule has 0 aliphatic heterocycles. The number of carboxylic acid groups (broad SMARTS) is 1. The van der Waals surface area contributed by atoms with Crippen LogP contribution in [-0.4, -0.2) is 27.6 Å².